The van der Waals surface area contributed by atoms with E-state index in [9.17, 15) is 9.59 Å². The van der Waals surface area contributed by atoms with E-state index in [1.54, 1.807) is 36.4 Å². The molecule has 0 N–H and O–H groups in total. The standard InChI is InChI=1S/C35H36O8/c1-16-27-21(28(16)27)10-11-38-19-6-2-17(3-7-19)33(36)42-25-14-40-32-26(15-41-31(25)32)43-34(37)18-4-8-20(9-5-18)39-13-22-29-30(22)35(29)23-12-24(23)35/h2-9,16,21-32H,10-15H2,1H3/t16?,21?,22?,23?,24?,25-,26+,27?,28?,29?,30?,31-,32-,35?/m1/s1. The number of carbonyl (C=O) groups is 2. The molecule has 1 spiro atoms. The van der Waals surface area contributed by atoms with Crippen molar-refractivity contribution >= 4 is 11.9 Å². The van der Waals surface area contributed by atoms with Gasteiger partial charge in [-0.2, -0.15) is 0 Å². The zero-order chi connectivity index (χ0) is 28.6. The van der Waals surface area contributed by atoms with Gasteiger partial charge in [-0.25, -0.2) is 9.59 Å². The molecular formula is C35H36O8. The molecule has 0 radical (unpaired) electrons. The molecule has 2 aliphatic heterocycles. The number of rotatable bonds is 11. The minimum atomic E-state index is -0.570. The van der Waals surface area contributed by atoms with Crippen LogP contribution in [0.15, 0.2) is 48.5 Å². The second-order valence-corrected chi connectivity index (χ2v) is 14.3. The quantitative estimate of drug-likeness (QED) is 0.359. The average Bonchev–Trinajstić information content (AvgIpc) is 3.78. The van der Waals surface area contributed by atoms with E-state index in [0.717, 1.165) is 83.2 Å². The Balaban J connectivity index is 0.677. The number of esters is 2. The van der Waals surface area contributed by atoms with Crippen molar-refractivity contribution in [3.63, 3.8) is 0 Å². The normalized spacial score (nSPS) is 45.7. The molecule has 2 aromatic rings. The highest BCUT2D eigenvalue weighted by Crippen LogP contribution is 3.04. The molecule has 0 bridgehead atoms. The van der Waals surface area contributed by atoms with E-state index in [0.29, 0.717) is 17.7 Å². The number of benzene rings is 2. The SMILES string of the molecule is CC1C2C(CCOc3ccc(C(=O)O[C@@H]4CO[C@H]5[C@@H]4OC[C@@H]5OC(=O)c4ccc(OCC5C6C5C65C6CC65)cc4)cc3)C12. The summed E-state index contributed by atoms with van der Waals surface area (Å²) in [5.74, 6) is 9.16. The molecule has 2 aromatic carbocycles. The molecule has 6 saturated carbocycles. The Hall–Kier alpha value is -3.10. The van der Waals surface area contributed by atoms with E-state index in [-0.39, 0.29) is 13.2 Å². The lowest BCUT2D eigenvalue weighted by atomic mass is 9.94. The van der Waals surface area contributed by atoms with Crippen LogP contribution in [0.25, 0.3) is 0 Å². The van der Waals surface area contributed by atoms with Crippen LogP contribution in [0.5, 0.6) is 11.5 Å². The third kappa shape index (κ3) is 3.81. The molecular weight excluding hydrogens is 548 g/mol. The predicted molar refractivity (Wildman–Crippen MR) is 151 cm³/mol. The number of hydrogen-bond donors (Lipinski definition) is 0. The van der Waals surface area contributed by atoms with Crippen molar-refractivity contribution in [3.05, 3.63) is 59.7 Å². The van der Waals surface area contributed by atoms with Crippen molar-refractivity contribution < 1.29 is 38.0 Å². The molecule has 0 amide bonds. The largest absolute Gasteiger partial charge is 0.494 e. The molecule has 8 aliphatic rings. The zero-order valence-corrected chi connectivity index (χ0v) is 24.1. The van der Waals surface area contributed by atoms with Crippen molar-refractivity contribution in [2.75, 3.05) is 26.4 Å². The zero-order valence-electron chi connectivity index (χ0n) is 24.1. The fraction of sp³-hybridized carbons (Fsp3) is 0.600. The molecule has 0 aromatic heterocycles. The predicted octanol–water partition coefficient (Wildman–Crippen LogP) is 4.41. The summed E-state index contributed by atoms with van der Waals surface area (Å²) < 4.78 is 35.1. The fourth-order valence-electron chi connectivity index (χ4n) is 9.60. The van der Waals surface area contributed by atoms with Crippen LogP contribution in [-0.2, 0) is 18.9 Å². The highest BCUT2D eigenvalue weighted by atomic mass is 16.7. The molecule has 6 aliphatic carbocycles. The fourth-order valence-corrected chi connectivity index (χ4v) is 9.60. The highest BCUT2D eigenvalue weighted by Gasteiger charge is 3.01. The first-order valence-corrected chi connectivity index (χ1v) is 16.1. The molecule has 6 unspecified atom stereocenters. The van der Waals surface area contributed by atoms with E-state index >= 15 is 0 Å². The monoisotopic (exact) mass is 584 g/mol. The number of carbonyl (C=O) groups excluding carboxylic acids is 2. The lowest BCUT2D eigenvalue weighted by Crippen LogP contribution is -2.36. The van der Waals surface area contributed by atoms with Crippen LogP contribution in [0.2, 0.25) is 0 Å². The number of ether oxygens (including phenoxy) is 6. The van der Waals surface area contributed by atoms with Crippen LogP contribution in [0.4, 0.5) is 0 Å². The minimum absolute atomic E-state index is 0.190. The van der Waals surface area contributed by atoms with E-state index in [2.05, 4.69) is 6.92 Å². The maximum atomic E-state index is 12.9. The summed E-state index contributed by atoms with van der Waals surface area (Å²) in [5.41, 5.74) is 1.71. The molecule has 224 valence electrons. The first-order valence-electron chi connectivity index (χ1n) is 16.1. The van der Waals surface area contributed by atoms with Gasteiger partial charge in [-0.15, -0.1) is 0 Å². The van der Waals surface area contributed by atoms with Crippen LogP contribution in [0, 0.1) is 58.7 Å². The molecule has 2 heterocycles. The Morgan fingerprint density at radius 3 is 1.79 bits per heavy atom. The second kappa shape index (κ2) is 8.75. The van der Waals surface area contributed by atoms with Gasteiger partial charge in [0.1, 0.15) is 23.7 Å². The first kappa shape index (κ1) is 25.2. The van der Waals surface area contributed by atoms with Gasteiger partial charge in [0.05, 0.1) is 37.6 Å². The highest BCUT2D eigenvalue weighted by molar-refractivity contribution is 5.90. The van der Waals surface area contributed by atoms with Crippen molar-refractivity contribution in [1.29, 1.82) is 0 Å². The van der Waals surface area contributed by atoms with Gasteiger partial charge in [0, 0.05) is 5.92 Å². The second-order valence-electron chi connectivity index (χ2n) is 14.3. The summed E-state index contributed by atoms with van der Waals surface area (Å²) in [4.78, 5) is 25.7. The first-order chi connectivity index (χ1) is 21.0. The van der Waals surface area contributed by atoms with Crippen LogP contribution in [-0.4, -0.2) is 62.8 Å². The lowest BCUT2D eigenvalue weighted by molar-refractivity contribution is -0.0287. The Kier molecular flexibility index (Phi) is 5.14. The summed E-state index contributed by atoms with van der Waals surface area (Å²) in [6.07, 6.45) is 0.489. The van der Waals surface area contributed by atoms with Crippen LogP contribution < -0.4 is 9.47 Å². The van der Waals surface area contributed by atoms with Gasteiger partial charge in [-0.3, -0.25) is 0 Å². The van der Waals surface area contributed by atoms with Gasteiger partial charge >= 0.3 is 11.9 Å². The third-order valence-electron chi connectivity index (χ3n) is 12.4. The molecule has 43 heavy (non-hydrogen) atoms. The van der Waals surface area contributed by atoms with Crippen LogP contribution in [0.3, 0.4) is 0 Å². The van der Waals surface area contributed by atoms with Gasteiger partial charge in [-0.05, 0) is 114 Å². The van der Waals surface area contributed by atoms with E-state index in [1.807, 2.05) is 12.1 Å². The summed E-state index contributed by atoms with van der Waals surface area (Å²) in [6.45, 7) is 4.20. The topological polar surface area (TPSA) is 89.5 Å². The Bertz CT molecular complexity index is 1460. The van der Waals surface area contributed by atoms with E-state index < -0.39 is 36.4 Å². The van der Waals surface area contributed by atoms with Crippen LogP contribution in [0.1, 0.15) is 40.5 Å². The van der Waals surface area contributed by atoms with Gasteiger partial charge < -0.3 is 28.4 Å². The van der Waals surface area contributed by atoms with Crippen molar-refractivity contribution in [2.45, 2.75) is 44.2 Å². The maximum Gasteiger partial charge on any atom is 0.338 e. The van der Waals surface area contributed by atoms with Gasteiger partial charge in [0.2, 0.25) is 0 Å². The van der Waals surface area contributed by atoms with Crippen molar-refractivity contribution in [2.24, 2.45) is 58.7 Å². The number of hydrogen-bond acceptors (Lipinski definition) is 8. The minimum Gasteiger partial charge on any atom is -0.494 e. The summed E-state index contributed by atoms with van der Waals surface area (Å²) in [6, 6.07) is 14.2. The van der Waals surface area contributed by atoms with Gasteiger partial charge in [0.25, 0.3) is 0 Å². The Morgan fingerprint density at radius 1 is 0.767 bits per heavy atom. The molecule has 8 fully saturated rings. The summed E-state index contributed by atoms with van der Waals surface area (Å²) in [5, 5.41) is 0. The summed E-state index contributed by atoms with van der Waals surface area (Å²) in [7, 11) is 0. The van der Waals surface area contributed by atoms with Crippen LogP contribution >= 0.6 is 0 Å². The molecule has 8 nitrogen and oxygen atoms in total. The summed E-state index contributed by atoms with van der Waals surface area (Å²) >= 11 is 0. The Labute approximate surface area is 250 Å². The average molecular weight is 585 g/mol. The Morgan fingerprint density at radius 2 is 1.30 bits per heavy atom. The molecule has 10 atom stereocenters. The smallest absolute Gasteiger partial charge is 0.338 e. The molecule has 8 heteroatoms. The van der Waals surface area contributed by atoms with Crippen molar-refractivity contribution in [3.8, 4) is 11.5 Å². The van der Waals surface area contributed by atoms with E-state index in [1.165, 1.54) is 6.42 Å². The molecule has 2 saturated heterocycles. The van der Waals surface area contributed by atoms with Crippen molar-refractivity contribution in [1.82, 2.24) is 0 Å². The van der Waals surface area contributed by atoms with Gasteiger partial charge in [-0.1, -0.05) is 6.92 Å². The maximum absolute atomic E-state index is 12.9. The third-order valence-corrected chi connectivity index (χ3v) is 12.4. The molecule has 10 rings (SSSR count). The lowest BCUT2D eigenvalue weighted by Gasteiger charge is -2.18. The number of fused-ring (bicyclic) bond motifs is 8. The van der Waals surface area contributed by atoms with Gasteiger partial charge in [0.15, 0.2) is 12.2 Å². The van der Waals surface area contributed by atoms with E-state index in [4.69, 9.17) is 28.4 Å².